The molecule has 1 aliphatic heterocycles. The van der Waals surface area contributed by atoms with Crippen LogP contribution in [-0.2, 0) is 0 Å². The molecule has 1 aromatic carbocycles. The van der Waals surface area contributed by atoms with Crippen molar-refractivity contribution >= 4 is 27.5 Å². The first-order chi connectivity index (χ1) is 7.79. The summed E-state index contributed by atoms with van der Waals surface area (Å²) in [7, 11) is 0. The van der Waals surface area contributed by atoms with Crippen molar-refractivity contribution in [3.8, 4) is 12.3 Å². The fourth-order valence-corrected chi connectivity index (χ4v) is 1.97. The van der Waals surface area contributed by atoms with Crippen LogP contribution in [0.5, 0.6) is 0 Å². The van der Waals surface area contributed by atoms with Gasteiger partial charge in [0.25, 0.3) is 0 Å². The molecule has 0 radical (unpaired) electrons. The van der Waals surface area contributed by atoms with Crippen molar-refractivity contribution in [2.75, 3.05) is 18.1 Å². The van der Waals surface area contributed by atoms with Gasteiger partial charge in [0.1, 0.15) is 12.4 Å². The van der Waals surface area contributed by atoms with Gasteiger partial charge in [0.15, 0.2) is 0 Å². The van der Waals surface area contributed by atoms with E-state index in [2.05, 4.69) is 49.4 Å². The normalized spacial score (nSPS) is 17.2. The predicted molar refractivity (Wildman–Crippen MR) is 70.4 cm³/mol. The van der Waals surface area contributed by atoms with Crippen molar-refractivity contribution in [2.45, 2.75) is 6.42 Å². The van der Waals surface area contributed by atoms with Crippen molar-refractivity contribution in [1.82, 2.24) is 5.43 Å². The number of rotatable bonds is 2. The lowest BCUT2D eigenvalue weighted by atomic mass is 10.3. The van der Waals surface area contributed by atoms with E-state index in [0.717, 1.165) is 29.0 Å². The summed E-state index contributed by atoms with van der Waals surface area (Å²) in [5, 5.41) is 2.07. The fraction of sp³-hybridized carbons (Fsp3) is 0.250. The van der Waals surface area contributed by atoms with Gasteiger partial charge in [0, 0.05) is 17.4 Å². The molecule has 0 atom stereocenters. The summed E-state index contributed by atoms with van der Waals surface area (Å²) in [5.74, 6) is 3.46. The van der Waals surface area contributed by atoms with Crippen LogP contribution in [0.1, 0.15) is 6.42 Å². The number of amidine groups is 1. The molecule has 1 saturated heterocycles. The van der Waals surface area contributed by atoms with Gasteiger partial charge in [-0.25, -0.2) is 0 Å². The first-order valence-electron chi connectivity index (χ1n) is 5.06. The highest BCUT2D eigenvalue weighted by Gasteiger charge is 2.16. The van der Waals surface area contributed by atoms with Gasteiger partial charge < -0.3 is 0 Å². The van der Waals surface area contributed by atoms with Crippen LogP contribution < -0.4 is 10.4 Å². The number of terminal acetylenes is 1. The molecule has 0 aliphatic carbocycles. The third-order valence-corrected chi connectivity index (χ3v) is 2.81. The van der Waals surface area contributed by atoms with E-state index in [1.165, 1.54) is 0 Å². The third-order valence-electron chi connectivity index (χ3n) is 2.32. The summed E-state index contributed by atoms with van der Waals surface area (Å²) in [5.41, 5.74) is 4.36. The Morgan fingerprint density at radius 2 is 2.44 bits per heavy atom. The van der Waals surface area contributed by atoms with Gasteiger partial charge in [-0.3, -0.25) is 15.4 Å². The molecule has 1 fully saturated rings. The van der Waals surface area contributed by atoms with E-state index in [9.17, 15) is 0 Å². The molecule has 1 aromatic rings. The van der Waals surface area contributed by atoms with E-state index in [4.69, 9.17) is 6.42 Å². The van der Waals surface area contributed by atoms with E-state index in [-0.39, 0.29) is 0 Å². The number of hydrazine groups is 1. The summed E-state index contributed by atoms with van der Waals surface area (Å²) < 4.78 is 1.07. The highest BCUT2D eigenvalue weighted by molar-refractivity contribution is 9.10. The first kappa shape index (κ1) is 11.0. The SMILES string of the molecule is C#CCN=C1CCN(c2cccc(Br)c2)N1. The molecule has 82 valence electrons. The van der Waals surface area contributed by atoms with Gasteiger partial charge in [-0.05, 0) is 18.2 Å². The number of benzene rings is 1. The Morgan fingerprint density at radius 3 is 3.19 bits per heavy atom. The number of anilines is 1. The highest BCUT2D eigenvalue weighted by atomic mass is 79.9. The van der Waals surface area contributed by atoms with E-state index >= 15 is 0 Å². The lowest BCUT2D eigenvalue weighted by molar-refractivity contribution is 0.856. The maximum Gasteiger partial charge on any atom is 0.118 e. The van der Waals surface area contributed by atoms with Crippen LogP contribution in [0.3, 0.4) is 0 Å². The number of hydrogen-bond acceptors (Lipinski definition) is 2. The van der Waals surface area contributed by atoms with E-state index in [0.29, 0.717) is 6.54 Å². The average Bonchev–Trinajstić information content (AvgIpc) is 2.75. The van der Waals surface area contributed by atoms with E-state index in [1.54, 1.807) is 0 Å². The van der Waals surface area contributed by atoms with Gasteiger partial charge in [-0.15, -0.1) is 6.42 Å². The standard InChI is InChI=1S/C12H12BrN3/c1-2-7-14-12-6-8-16(15-12)11-5-3-4-10(13)9-11/h1,3-5,9H,6-8H2,(H,14,15). The molecule has 0 saturated carbocycles. The molecule has 0 amide bonds. The molecule has 1 N–H and O–H groups in total. The van der Waals surface area contributed by atoms with Crippen molar-refractivity contribution in [3.63, 3.8) is 0 Å². The fourth-order valence-electron chi connectivity index (χ4n) is 1.58. The zero-order valence-corrected chi connectivity index (χ0v) is 10.4. The van der Waals surface area contributed by atoms with Crippen LogP contribution in [0, 0.1) is 12.3 Å². The summed E-state index contributed by atoms with van der Waals surface area (Å²) in [6, 6.07) is 8.14. The topological polar surface area (TPSA) is 27.6 Å². The molecule has 0 unspecified atom stereocenters. The molecular formula is C12H12BrN3. The predicted octanol–water partition coefficient (Wildman–Crippen LogP) is 2.20. The van der Waals surface area contributed by atoms with Crippen LogP contribution >= 0.6 is 15.9 Å². The molecule has 0 aromatic heterocycles. The second-order valence-corrected chi connectivity index (χ2v) is 4.38. The maximum absolute atomic E-state index is 5.17. The minimum absolute atomic E-state index is 0.439. The quantitative estimate of drug-likeness (QED) is 0.840. The zero-order chi connectivity index (χ0) is 11.4. The molecule has 0 spiro atoms. The van der Waals surface area contributed by atoms with Gasteiger partial charge in [-0.1, -0.05) is 27.9 Å². The van der Waals surface area contributed by atoms with Crippen LogP contribution in [-0.4, -0.2) is 18.9 Å². The Hall–Kier alpha value is -1.47. The number of halogens is 1. The summed E-state index contributed by atoms with van der Waals surface area (Å²) in [6.07, 6.45) is 6.08. The zero-order valence-electron chi connectivity index (χ0n) is 8.78. The maximum atomic E-state index is 5.17. The molecule has 1 heterocycles. The summed E-state index contributed by atoms with van der Waals surface area (Å²) >= 11 is 3.46. The number of hydrogen-bond donors (Lipinski definition) is 1. The van der Waals surface area contributed by atoms with E-state index in [1.807, 2.05) is 12.1 Å². The van der Waals surface area contributed by atoms with E-state index < -0.39 is 0 Å². The molecule has 16 heavy (non-hydrogen) atoms. The second kappa shape index (κ2) is 5.04. The molecule has 3 nitrogen and oxygen atoms in total. The van der Waals surface area contributed by atoms with Crippen molar-refractivity contribution in [2.24, 2.45) is 4.99 Å². The van der Waals surface area contributed by atoms with Gasteiger partial charge in [0.2, 0.25) is 0 Å². The minimum Gasteiger partial charge on any atom is -0.286 e. The Balaban J connectivity index is 2.07. The Morgan fingerprint density at radius 1 is 1.56 bits per heavy atom. The Bertz CT molecular complexity index is 448. The van der Waals surface area contributed by atoms with Crippen LogP contribution in [0.25, 0.3) is 0 Å². The third kappa shape index (κ3) is 2.56. The lowest BCUT2D eigenvalue weighted by Crippen LogP contribution is -2.33. The van der Waals surface area contributed by atoms with Gasteiger partial charge >= 0.3 is 0 Å². The van der Waals surface area contributed by atoms with Gasteiger partial charge in [-0.2, -0.15) is 0 Å². The smallest absolute Gasteiger partial charge is 0.118 e. The van der Waals surface area contributed by atoms with Crippen LogP contribution in [0.15, 0.2) is 33.7 Å². The van der Waals surface area contributed by atoms with Crippen molar-refractivity contribution < 1.29 is 0 Å². The van der Waals surface area contributed by atoms with Gasteiger partial charge in [0.05, 0.1) is 5.69 Å². The highest BCUT2D eigenvalue weighted by Crippen LogP contribution is 2.20. The number of aliphatic imine (C=N–C) groups is 1. The first-order valence-corrected chi connectivity index (χ1v) is 5.85. The summed E-state index contributed by atoms with van der Waals surface area (Å²) in [6.45, 7) is 1.36. The number of nitrogens with zero attached hydrogens (tertiary/aromatic N) is 2. The Labute approximate surface area is 104 Å². The monoisotopic (exact) mass is 277 g/mol. The lowest BCUT2D eigenvalue weighted by Gasteiger charge is -2.18. The van der Waals surface area contributed by atoms with Crippen molar-refractivity contribution in [1.29, 1.82) is 0 Å². The Kier molecular flexibility index (Phi) is 3.47. The van der Waals surface area contributed by atoms with Crippen LogP contribution in [0.2, 0.25) is 0 Å². The molecule has 1 aliphatic rings. The largest absolute Gasteiger partial charge is 0.286 e. The minimum atomic E-state index is 0.439. The molecule has 4 heteroatoms. The van der Waals surface area contributed by atoms with Crippen LogP contribution in [0.4, 0.5) is 5.69 Å². The molecular weight excluding hydrogens is 266 g/mol. The molecule has 0 bridgehead atoms. The average molecular weight is 278 g/mol. The molecule has 2 rings (SSSR count). The number of nitrogens with one attached hydrogen (secondary N) is 1. The second-order valence-electron chi connectivity index (χ2n) is 3.46. The van der Waals surface area contributed by atoms with Crippen molar-refractivity contribution in [3.05, 3.63) is 28.7 Å². The summed E-state index contributed by atoms with van der Waals surface area (Å²) in [4.78, 5) is 4.26.